The Morgan fingerprint density at radius 3 is 2.45 bits per heavy atom. The van der Waals surface area contributed by atoms with Crippen molar-refractivity contribution in [3.63, 3.8) is 0 Å². The summed E-state index contributed by atoms with van der Waals surface area (Å²) in [6, 6.07) is 26.3. The fourth-order valence-electron chi connectivity index (χ4n) is 3.22. The monoisotopic (exact) mass is 399 g/mol. The Bertz CT molecular complexity index is 1180. The highest BCUT2D eigenvalue weighted by Crippen LogP contribution is 2.28. The average Bonchev–Trinajstić information content (AvgIpc) is 2.74. The van der Waals surface area contributed by atoms with Crippen molar-refractivity contribution in [2.24, 2.45) is 4.99 Å². The molecule has 0 atom stereocenters. The maximum Gasteiger partial charge on any atom is 0.129 e. The van der Waals surface area contributed by atoms with Crippen LogP contribution in [0.4, 0.5) is 5.69 Å². The molecule has 0 fully saturated rings. The lowest BCUT2D eigenvalue weighted by Gasteiger charge is -2.12. The summed E-state index contributed by atoms with van der Waals surface area (Å²) < 4.78 is 6.17. The Hall–Kier alpha value is -3.10. The highest BCUT2D eigenvalue weighted by molar-refractivity contribution is 6.30. The Morgan fingerprint density at radius 1 is 0.862 bits per heavy atom. The Balaban J connectivity index is 1.69. The number of fused-ring (bicyclic) bond motifs is 1. The van der Waals surface area contributed by atoms with Gasteiger partial charge in [0.2, 0.25) is 0 Å². The molecule has 0 aromatic heterocycles. The molecule has 3 heteroatoms. The molecular weight excluding hydrogens is 378 g/mol. The summed E-state index contributed by atoms with van der Waals surface area (Å²) in [4.78, 5) is 4.73. The van der Waals surface area contributed by atoms with E-state index in [1.54, 1.807) is 0 Å². The number of nitrogens with zero attached hydrogens (tertiary/aromatic N) is 1. The molecule has 0 amide bonds. The lowest BCUT2D eigenvalue weighted by molar-refractivity contribution is 0.306. The van der Waals surface area contributed by atoms with Gasteiger partial charge in [0.25, 0.3) is 0 Å². The summed E-state index contributed by atoms with van der Waals surface area (Å²) >= 11 is 5.98. The van der Waals surface area contributed by atoms with Crippen molar-refractivity contribution in [1.29, 1.82) is 0 Å². The molecule has 0 aliphatic carbocycles. The molecule has 0 heterocycles. The summed E-state index contributed by atoms with van der Waals surface area (Å²) in [6.45, 7) is 4.68. The summed E-state index contributed by atoms with van der Waals surface area (Å²) in [6.07, 6.45) is 1.91. The topological polar surface area (TPSA) is 21.6 Å². The van der Waals surface area contributed by atoms with Crippen molar-refractivity contribution >= 4 is 34.3 Å². The normalized spacial score (nSPS) is 11.3. The van der Waals surface area contributed by atoms with Crippen LogP contribution in [-0.2, 0) is 6.61 Å². The molecule has 0 N–H and O–H groups in total. The third kappa shape index (κ3) is 4.49. The van der Waals surface area contributed by atoms with Gasteiger partial charge in [-0.2, -0.15) is 0 Å². The first-order valence-corrected chi connectivity index (χ1v) is 9.98. The van der Waals surface area contributed by atoms with Gasteiger partial charge < -0.3 is 4.74 Å². The maximum atomic E-state index is 6.17. The van der Waals surface area contributed by atoms with E-state index in [1.165, 1.54) is 11.1 Å². The van der Waals surface area contributed by atoms with Gasteiger partial charge in [0, 0.05) is 16.8 Å². The lowest BCUT2D eigenvalue weighted by atomic mass is 10.0. The molecule has 0 aliphatic rings. The van der Waals surface area contributed by atoms with Gasteiger partial charge in [-0.15, -0.1) is 0 Å². The highest BCUT2D eigenvalue weighted by atomic mass is 35.5. The van der Waals surface area contributed by atoms with Gasteiger partial charge >= 0.3 is 0 Å². The largest absolute Gasteiger partial charge is 0.488 e. The van der Waals surface area contributed by atoms with Gasteiger partial charge in [0.15, 0.2) is 0 Å². The molecule has 0 saturated carbocycles. The lowest BCUT2D eigenvalue weighted by Crippen LogP contribution is -1.99. The van der Waals surface area contributed by atoms with Gasteiger partial charge in [0.05, 0.1) is 5.69 Å². The van der Waals surface area contributed by atoms with Crippen LogP contribution in [-0.4, -0.2) is 6.21 Å². The van der Waals surface area contributed by atoms with Crippen molar-refractivity contribution in [1.82, 2.24) is 0 Å². The molecule has 0 saturated heterocycles. The van der Waals surface area contributed by atoms with Crippen molar-refractivity contribution in [3.05, 3.63) is 106 Å². The minimum absolute atomic E-state index is 0.472. The molecule has 0 spiro atoms. The standard InChI is InChI=1S/C26H22ClNO/c1-18-7-13-23(15-19(18)2)28-16-25-24-6-4-3-5-21(24)10-14-26(25)29-17-20-8-11-22(27)12-9-20/h3-16H,17H2,1-2H3. The van der Waals surface area contributed by atoms with E-state index < -0.39 is 0 Å². The summed E-state index contributed by atoms with van der Waals surface area (Å²) in [5.41, 5.74) is 5.48. The first kappa shape index (κ1) is 19.2. The van der Waals surface area contributed by atoms with Crippen LogP contribution in [0.1, 0.15) is 22.3 Å². The molecule has 4 aromatic rings. The molecular formula is C26H22ClNO. The Morgan fingerprint density at radius 2 is 1.66 bits per heavy atom. The van der Waals surface area contributed by atoms with Crippen LogP contribution >= 0.6 is 11.6 Å². The van der Waals surface area contributed by atoms with Crippen LogP contribution in [0.15, 0.2) is 83.9 Å². The number of rotatable bonds is 5. The number of aliphatic imine (C=N–C) groups is 1. The van der Waals surface area contributed by atoms with E-state index in [9.17, 15) is 0 Å². The fraction of sp³-hybridized carbons (Fsp3) is 0.115. The van der Waals surface area contributed by atoms with Gasteiger partial charge in [-0.1, -0.05) is 60.1 Å². The number of halogens is 1. The van der Waals surface area contributed by atoms with Gasteiger partial charge in [-0.25, -0.2) is 0 Å². The predicted octanol–water partition coefficient (Wildman–Crippen LogP) is 7.44. The maximum absolute atomic E-state index is 6.17. The molecule has 0 bridgehead atoms. The van der Waals surface area contributed by atoms with E-state index >= 15 is 0 Å². The highest BCUT2D eigenvalue weighted by Gasteiger charge is 2.08. The zero-order valence-corrected chi connectivity index (χ0v) is 17.3. The zero-order chi connectivity index (χ0) is 20.2. The van der Waals surface area contributed by atoms with Crippen LogP contribution in [0.25, 0.3) is 10.8 Å². The van der Waals surface area contributed by atoms with Crippen molar-refractivity contribution in [3.8, 4) is 5.75 Å². The number of benzene rings is 4. The molecule has 0 radical (unpaired) electrons. The van der Waals surface area contributed by atoms with E-state index in [-0.39, 0.29) is 0 Å². The molecule has 144 valence electrons. The van der Waals surface area contributed by atoms with Crippen LogP contribution in [0.3, 0.4) is 0 Å². The minimum atomic E-state index is 0.472. The second-order valence-corrected chi connectivity index (χ2v) is 7.58. The average molecular weight is 400 g/mol. The first-order valence-electron chi connectivity index (χ1n) is 9.60. The van der Waals surface area contributed by atoms with Crippen LogP contribution < -0.4 is 4.74 Å². The number of hydrogen-bond donors (Lipinski definition) is 0. The number of ether oxygens (including phenoxy) is 1. The molecule has 4 rings (SSSR count). The summed E-state index contributed by atoms with van der Waals surface area (Å²) in [5, 5.41) is 3.00. The molecule has 0 unspecified atom stereocenters. The summed E-state index contributed by atoms with van der Waals surface area (Å²) in [5.74, 6) is 0.811. The number of hydrogen-bond acceptors (Lipinski definition) is 2. The van der Waals surface area contributed by atoms with Crippen LogP contribution in [0, 0.1) is 13.8 Å². The molecule has 2 nitrogen and oxygen atoms in total. The van der Waals surface area contributed by atoms with Gasteiger partial charge in [-0.3, -0.25) is 4.99 Å². The molecule has 29 heavy (non-hydrogen) atoms. The van der Waals surface area contributed by atoms with Gasteiger partial charge in [-0.05, 0) is 71.6 Å². The Labute approximate surface area is 176 Å². The SMILES string of the molecule is Cc1ccc(N=Cc2c(OCc3ccc(Cl)cc3)ccc3ccccc23)cc1C. The fourth-order valence-corrected chi connectivity index (χ4v) is 3.35. The van der Waals surface area contributed by atoms with Crippen molar-refractivity contribution in [2.75, 3.05) is 0 Å². The first-order chi connectivity index (χ1) is 14.1. The van der Waals surface area contributed by atoms with Gasteiger partial charge in [0.1, 0.15) is 12.4 Å². The molecule has 4 aromatic carbocycles. The minimum Gasteiger partial charge on any atom is -0.488 e. The smallest absolute Gasteiger partial charge is 0.129 e. The van der Waals surface area contributed by atoms with E-state index in [1.807, 2.05) is 54.7 Å². The summed E-state index contributed by atoms with van der Waals surface area (Å²) in [7, 11) is 0. The van der Waals surface area contributed by atoms with E-state index in [2.05, 4.69) is 44.2 Å². The second-order valence-electron chi connectivity index (χ2n) is 7.14. The number of aryl methyl sites for hydroxylation is 2. The van der Waals surface area contributed by atoms with Crippen LogP contribution in [0.5, 0.6) is 5.75 Å². The van der Waals surface area contributed by atoms with E-state index in [4.69, 9.17) is 21.3 Å². The van der Waals surface area contributed by atoms with Crippen molar-refractivity contribution < 1.29 is 4.74 Å². The van der Waals surface area contributed by atoms with E-state index in [0.29, 0.717) is 6.61 Å². The predicted molar refractivity (Wildman–Crippen MR) is 123 cm³/mol. The zero-order valence-electron chi connectivity index (χ0n) is 16.5. The van der Waals surface area contributed by atoms with Crippen LogP contribution in [0.2, 0.25) is 5.02 Å². The Kier molecular flexibility index (Phi) is 5.64. The van der Waals surface area contributed by atoms with E-state index in [0.717, 1.165) is 38.4 Å². The third-order valence-corrected chi connectivity index (χ3v) is 5.32. The van der Waals surface area contributed by atoms with Crippen molar-refractivity contribution in [2.45, 2.75) is 20.5 Å². The molecule has 0 aliphatic heterocycles. The third-order valence-electron chi connectivity index (χ3n) is 5.07. The quantitative estimate of drug-likeness (QED) is 0.319. The second kappa shape index (κ2) is 8.50.